The molecule has 2 amide bonds. The molecule has 2 aromatic rings. The summed E-state index contributed by atoms with van der Waals surface area (Å²) < 4.78 is 1.85. The minimum absolute atomic E-state index is 0.0441. The number of piperidine rings is 1. The second kappa shape index (κ2) is 12.2. The van der Waals surface area contributed by atoms with Crippen molar-refractivity contribution in [3.63, 3.8) is 0 Å². The fourth-order valence-electron chi connectivity index (χ4n) is 7.15. The number of piperazine rings is 1. The molecule has 2 aliphatic heterocycles. The van der Waals surface area contributed by atoms with Gasteiger partial charge in [0.15, 0.2) is 0 Å². The van der Waals surface area contributed by atoms with E-state index in [9.17, 15) is 24.6 Å². The molecule has 1 spiro atoms. The van der Waals surface area contributed by atoms with Crippen molar-refractivity contribution in [1.29, 1.82) is 0 Å². The number of nitrogens with zero attached hydrogens (tertiary/aromatic N) is 4. The van der Waals surface area contributed by atoms with Crippen molar-refractivity contribution in [1.82, 2.24) is 24.9 Å². The number of carboxylic acids is 1. The summed E-state index contributed by atoms with van der Waals surface area (Å²) in [7, 11) is 0. The number of nitrogens with one attached hydrogen (secondary N) is 1. The van der Waals surface area contributed by atoms with Gasteiger partial charge in [-0.15, -0.1) is 0 Å². The Morgan fingerprint density at radius 2 is 1.71 bits per heavy atom. The van der Waals surface area contributed by atoms with Crippen LogP contribution in [0.4, 0.5) is 0 Å². The largest absolute Gasteiger partial charge is 0.478 e. The van der Waals surface area contributed by atoms with Gasteiger partial charge in [-0.25, -0.2) is 9.48 Å². The molecule has 3 fully saturated rings. The van der Waals surface area contributed by atoms with Crippen LogP contribution < -0.4 is 5.32 Å². The minimum atomic E-state index is -0.961. The summed E-state index contributed by atoms with van der Waals surface area (Å²) in [6, 6.07) is 6.03. The van der Waals surface area contributed by atoms with Crippen molar-refractivity contribution in [3.05, 3.63) is 46.8 Å². The number of hydrogen-bond donors (Lipinski definition) is 3. The lowest BCUT2D eigenvalue weighted by atomic mass is 9.77. The van der Waals surface area contributed by atoms with Gasteiger partial charge in [-0.3, -0.25) is 14.5 Å². The summed E-state index contributed by atoms with van der Waals surface area (Å²) in [4.78, 5) is 43.1. The van der Waals surface area contributed by atoms with Gasteiger partial charge < -0.3 is 20.4 Å². The normalized spacial score (nSPS) is 22.4. The Kier molecular flexibility index (Phi) is 8.76. The Balaban J connectivity index is 1.29. The number of carbonyl (C=O) groups is 3. The van der Waals surface area contributed by atoms with Crippen LogP contribution in [0.1, 0.15) is 98.4 Å². The molecule has 5 rings (SSSR count). The number of aromatic carboxylic acids is 1. The summed E-state index contributed by atoms with van der Waals surface area (Å²) in [5, 5.41) is 28.2. The molecule has 1 aromatic heterocycles. The number of aliphatic hydroxyl groups is 1. The highest BCUT2D eigenvalue weighted by molar-refractivity contribution is 6.00. The van der Waals surface area contributed by atoms with E-state index in [0.717, 1.165) is 54.7 Å². The second-order valence-electron chi connectivity index (χ2n) is 12.6. The van der Waals surface area contributed by atoms with Gasteiger partial charge in [0.2, 0.25) is 11.8 Å². The molecule has 10 nitrogen and oxygen atoms in total. The van der Waals surface area contributed by atoms with Crippen LogP contribution in [-0.2, 0) is 16.1 Å². The third-order valence-corrected chi connectivity index (χ3v) is 9.78. The van der Waals surface area contributed by atoms with Crippen molar-refractivity contribution < 1.29 is 24.6 Å². The maximum absolute atomic E-state index is 13.9. The first-order valence-corrected chi connectivity index (χ1v) is 15.5. The molecule has 3 N–H and O–H groups in total. The Bertz CT molecular complexity index is 1310. The molecule has 3 heterocycles. The standard InChI is InChI=1S/C32H45N5O5/c1-4-5-17-36-28(38)27(20-31(42)13-7-6-8-14-31)33-30(41)32(36)15-18-35(19-16-32)21-26-22(2)34-37(23(26)3)25-11-9-24(10-12-25)29(39)40/h9-12,27,42H,4-8,13-21H2,1-3H3,(H,33,41)(H,39,40)/t27-/m1/s1. The van der Waals surface area contributed by atoms with Crippen molar-refractivity contribution in [2.75, 3.05) is 19.6 Å². The van der Waals surface area contributed by atoms with E-state index < -0.39 is 23.2 Å². The summed E-state index contributed by atoms with van der Waals surface area (Å²) in [5.74, 6) is -1.08. The van der Waals surface area contributed by atoms with E-state index in [0.29, 0.717) is 58.3 Å². The molecule has 1 aromatic carbocycles. The van der Waals surface area contributed by atoms with Crippen LogP contribution >= 0.6 is 0 Å². The number of amides is 2. The molecular formula is C32H45N5O5. The molecule has 1 saturated carbocycles. The number of carbonyl (C=O) groups excluding carboxylic acids is 2. The molecule has 42 heavy (non-hydrogen) atoms. The zero-order valence-electron chi connectivity index (χ0n) is 25.2. The number of aryl methyl sites for hydroxylation is 1. The van der Waals surface area contributed by atoms with Crippen LogP contribution in [0.15, 0.2) is 24.3 Å². The van der Waals surface area contributed by atoms with Crippen LogP contribution in [0.3, 0.4) is 0 Å². The smallest absolute Gasteiger partial charge is 0.335 e. The quantitative estimate of drug-likeness (QED) is 0.413. The molecule has 1 atom stereocenters. The first-order chi connectivity index (χ1) is 20.1. The maximum Gasteiger partial charge on any atom is 0.335 e. The van der Waals surface area contributed by atoms with E-state index in [-0.39, 0.29) is 17.4 Å². The maximum atomic E-state index is 13.9. The Morgan fingerprint density at radius 3 is 2.33 bits per heavy atom. The van der Waals surface area contributed by atoms with E-state index in [4.69, 9.17) is 5.10 Å². The van der Waals surface area contributed by atoms with E-state index in [1.54, 1.807) is 24.3 Å². The molecule has 2 saturated heterocycles. The van der Waals surface area contributed by atoms with E-state index in [1.807, 2.05) is 23.4 Å². The van der Waals surface area contributed by atoms with Gasteiger partial charge in [0.25, 0.3) is 0 Å². The summed E-state index contributed by atoms with van der Waals surface area (Å²) in [6.07, 6.45) is 7.59. The monoisotopic (exact) mass is 579 g/mol. The van der Waals surface area contributed by atoms with Crippen LogP contribution in [-0.4, -0.2) is 84.4 Å². The van der Waals surface area contributed by atoms with Gasteiger partial charge in [0.05, 0.1) is 22.5 Å². The van der Waals surface area contributed by atoms with E-state index >= 15 is 0 Å². The SMILES string of the molecule is CCCCN1C(=O)[C@@H](CC2(O)CCCCC2)NC(=O)C12CCN(Cc1c(C)nn(-c3ccc(C(=O)O)cc3)c1C)CC2. The lowest BCUT2D eigenvalue weighted by Crippen LogP contribution is -2.73. The predicted molar refractivity (Wildman–Crippen MR) is 158 cm³/mol. The molecule has 0 radical (unpaired) electrons. The number of benzene rings is 1. The predicted octanol–water partition coefficient (Wildman–Crippen LogP) is 3.73. The highest BCUT2D eigenvalue weighted by atomic mass is 16.4. The number of likely N-dealkylation sites (tertiary alicyclic amines) is 1. The molecule has 10 heteroatoms. The zero-order chi connectivity index (χ0) is 30.1. The van der Waals surface area contributed by atoms with E-state index in [2.05, 4.69) is 17.1 Å². The highest BCUT2D eigenvalue weighted by Crippen LogP contribution is 2.38. The first kappa shape index (κ1) is 30.2. The molecule has 228 valence electrons. The highest BCUT2D eigenvalue weighted by Gasteiger charge is 2.54. The summed E-state index contributed by atoms with van der Waals surface area (Å²) >= 11 is 0. The molecule has 1 aliphatic carbocycles. The van der Waals surface area contributed by atoms with Gasteiger partial charge in [0, 0.05) is 43.9 Å². The second-order valence-corrected chi connectivity index (χ2v) is 12.6. The molecular weight excluding hydrogens is 534 g/mol. The van der Waals surface area contributed by atoms with Crippen LogP contribution in [0, 0.1) is 13.8 Å². The van der Waals surface area contributed by atoms with Crippen molar-refractivity contribution in [2.24, 2.45) is 0 Å². The van der Waals surface area contributed by atoms with Gasteiger partial charge in [-0.05, 0) is 70.2 Å². The third-order valence-electron chi connectivity index (χ3n) is 9.78. The van der Waals surface area contributed by atoms with Gasteiger partial charge >= 0.3 is 5.97 Å². The Labute approximate surface area is 248 Å². The van der Waals surface area contributed by atoms with Crippen molar-refractivity contribution in [3.8, 4) is 5.69 Å². The summed E-state index contributed by atoms with van der Waals surface area (Å²) in [5.41, 5.74) is 2.32. The minimum Gasteiger partial charge on any atom is -0.478 e. The average molecular weight is 580 g/mol. The zero-order valence-corrected chi connectivity index (χ0v) is 25.2. The topological polar surface area (TPSA) is 128 Å². The fraction of sp³-hybridized carbons (Fsp3) is 0.625. The van der Waals surface area contributed by atoms with Crippen molar-refractivity contribution >= 4 is 17.8 Å². The molecule has 0 bridgehead atoms. The number of hydrogen-bond acceptors (Lipinski definition) is 6. The number of unbranched alkanes of at least 4 members (excludes halogenated alkanes) is 1. The number of aromatic nitrogens is 2. The number of rotatable bonds is 9. The third kappa shape index (κ3) is 5.83. The van der Waals surface area contributed by atoms with Crippen LogP contribution in [0.25, 0.3) is 5.69 Å². The number of carboxylic acid groups (broad SMARTS) is 1. The Hall–Kier alpha value is -3.24. The van der Waals surface area contributed by atoms with Gasteiger partial charge in [-0.1, -0.05) is 32.6 Å². The van der Waals surface area contributed by atoms with Crippen LogP contribution in [0.2, 0.25) is 0 Å². The summed E-state index contributed by atoms with van der Waals surface area (Å²) in [6.45, 7) is 8.69. The van der Waals surface area contributed by atoms with E-state index in [1.165, 1.54) is 0 Å². The Morgan fingerprint density at radius 1 is 1.05 bits per heavy atom. The van der Waals surface area contributed by atoms with Crippen LogP contribution in [0.5, 0.6) is 0 Å². The van der Waals surface area contributed by atoms with Crippen molar-refractivity contribution in [2.45, 2.75) is 109 Å². The lowest BCUT2D eigenvalue weighted by molar-refractivity contribution is -0.163. The lowest BCUT2D eigenvalue weighted by Gasteiger charge is -2.52. The molecule has 0 unspecified atom stereocenters. The average Bonchev–Trinajstić information content (AvgIpc) is 3.25. The van der Waals surface area contributed by atoms with Gasteiger partial charge in [0.1, 0.15) is 11.6 Å². The molecule has 3 aliphatic rings. The first-order valence-electron chi connectivity index (χ1n) is 15.5. The fourth-order valence-corrected chi connectivity index (χ4v) is 7.15. The van der Waals surface area contributed by atoms with Gasteiger partial charge in [-0.2, -0.15) is 5.10 Å².